The first-order valence-electron chi connectivity index (χ1n) is 7.94. The molecule has 0 aromatic heterocycles. The van der Waals surface area contributed by atoms with Gasteiger partial charge in [0.05, 0.1) is 0 Å². The zero-order chi connectivity index (χ0) is 15.3. The summed E-state index contributed by atoms with van der Waals surface area (Å²) in [5, 5.41) is 2.79. The molecule has 22 heavy (non-hydrogen) atoms. The zero-order valence-electron chi connectivity index (χ0n) is 13.4. The number of aryl methyl sites for hydroxylation is 1. The molecule has 0 saturated carbocycles. The summed E-state index contributed by atoms with van der Waals surface area (Å²) >= 11 is 0. The molecule has 108 valence electrons. The second kappa shape index (κ2) is 4.84. The molecule has 0 N–H and O–H groups in total. The summed E-state index contributed by atoms with van der Waals surface area (Å²) in [5.74, 6) is 0.375. The maximum absolute atomic E-state index is 2.36. The molecule has 1 unspecified atom stereocenters. The van der Waals surface area contributed by atoms with E-state index in [4.69, 9.17) is 0 Å². The number of hydrogen-bond donors (Lipinski definition) is 0. The molecule has 1 aliphatic rings. The fourth-order valence-corrected chi connectivity index (χ4v) is 3.83. The molecule has 0 heteroatoms. The van der Waals surface area contributed by atoms with E-state index in [2.05, 4.69) is 81.5 Å². The molecule has 0 nitrogen and oxygen atoms in total. The molecule has 0 fully saturated rings. The topological polar surface area (TPSA) is 0 Å². The van der Waals surface area contributed by atoms with Gasteiger partial charge in [0.15, 0.2) is 0 Å². The minimum absolute atomic E-state index is 0.375. The van der Waals surface area contributed by atoms with Gasteiger partial charge in [-0.25, -0.2) is 0 Å². The second-order valence-electron chi connectivity index (χ2n) is 6.30. The highest BCUT2D eigenvalue weighted by Gasteiger charge is 2.23. The highest BCUT2D eigenvalue weighted by Crippen LogP contribution is 2.41. The van der Waals surface area contributed by atoms with Crippen LogP contribution in [0.4, 0.5) is 0 Å². The van der Waals surface area contributed by atoms with Gasteiger partial charge < -0.3 is 0 Å². The molecule has 0 aliphatic heterocycles. The molecule has 1 atom stereocenters. The van der Waals surface area contributed by atoms with E-state index in [0.717, 1.165) is 0 Å². The molecule has 0 radical (unpaired) electrons. The van der Waals surface area contributed by atoms with Crippen LogP contribution in [-0.4, -0.2) is 0 Å². The Kier molecular flexibility index (Phi) is 2.94. The van der Waals surface area contributed by atoms with Gasteiger partial charge in [-0.05, 0) is 64.9 Å². The molecule has 3 aromatic rings. The lowest BCUT2D eigenvalue weighted by molar-refractivity contribution is 1.03. The predicted octanol–water partition coefficient (Wildman–Crippen LogP) is 5.92. The third-order valence-corrected chi connectivity index (χ3v) is 5.26. The quantitative estimate of drug-likeness (QED) is 0.520. The van der Waals surface area contributed by atoms with Crippen molar-refractivity contribution in [3.8, 4) is 0 Å². The monoisotopic (exact) mass is 284 g/mol. The van der Waals surface area contributed by atoms with E-state index in [9.17, 15) is 0 Å². The maximum atomic E-state index is 2.36. The molecule has 4 rings (SSSR count). The van der Waals surface area contributed by atoms with Crippen molar-refractivity contribution in [2.45, 2.75) is 26.7 Å². The van der Waals surface area contributed by atoms with Gasteiger partial charge in [0.1, 0.15) is 0 Å². The molecular weight excluding hydrogens is 264 g/mol. The van der Waals surface area contributed by atoms with Gasteiger partial charge in [-0.2, -0.15) is 0 Å². The molecule has 1 aliphatic carbocycles. The number of allylic oxidation sites excluding steroid dienone is 1. The molecule has 0 spiro atoms. The SMILES string of the molecule is Cc1c(C)c(C2C=Cc3ccccc32)c2ccccc2c1C. The van der Waals surface area contributed by atoms with E-state index in [0.29, 0.717) is 5.92 Å². The third-order valence-electron chi connectivity index (χ3n) is 5.26. The van der Waals surface area contributed by atoms with Crippen LogP contribution in [0.2, 0.25) is 0 Å². The van der Waals surface area contributed by atoms with E-state index in [1.807, 2.05) is 0 Å². The highest BCUT2D eigenvalue weighted by atomic mass is 14.3. The standard InChI is InChI=1S/C22H20/c1-14-15(2)18-9-6-7-11-20(18)22(16(14)3)21-13-12-17-8-4-5-10-19(17)21/h4-13,21H,1-3H3. The van der Waals surface area contributed by atoms with Gasteiger partial charge in [-0.3, -0.25) is 0 Å². The predicted molar refractivity (Wildman–Crippen MR) is 95.5 cm³/mol. The van der Waals surface area contributed by atoms with Crippen molar-refractivity contribution in [2.75, 3.05) is 0 Å². The van der Waals surface area contributed by atoms with Crippen molar-refractivity contribution in [2.24, 2.45) is 0 Å². The Morgan fingerprint density at radius 1 is 0.682 bits per heavy atom. The van der Waals surface area contributed by atoms with E-state index in [1.165, 1.54) is 44.2 Å². The van der Waals surface area contributed by atoms with E-state index in [1.54, 1.807) is 0 Å². The van der Waals surface area contributed by atoms with Crippen LogP contribution in [0.1, 0.15) is 39.3 Å². The van der Waals surface area contributed by atoms with Crippen LogP contribution < -0.4 is 0 Å². The van der Waals surface area contributed by atoms with Gasteiger partial charge in [0.25, 0.3) is 0 Å². The fourth-order valence-electron chi connectivity index (χ4n) is 3.83. The van der Waals surface area contributed by atoms with Crippen molar-refractivity contribution in [1.82, 2.24) is 0 Å². The van der Waals surface area contributed by atoms with Crippen molar-refractivity contribution in [3.63, 3.8) is 0 Å². The summed E-state index contributed by atoms with van der Waals surface area (Å²) in [6.45, 7) is 6.77. The Morgan fingerprint density at radius 2 is 1.36 bits per heavy atom. The number of benzene rings is 3. The number of fused-ring (bicyclic) bond motifs is 2. The minimum atomic E-state index is 0.375. The van der Waals surface area contributed by atoms with E-state index >= 15 is 0 Å². The lowest BCUT2D eigenvalue weighted by atomic mass is 9.82. The summed E-state index contributed by atoms with van der Waals surface area (Å²) < 4.78 is 0. The van der Waals surface area contributed by atoms with Crippen molar-refractivity contribution in [3.05, 3.63) is 88.0 Å². The Morgan fingerprint density at radius 3 is 2.18 bits per heavy atom. The normalized spacial score (nSPS) is 16.2. The average Bonchev–Trinajstić information content (AvgIpc) is 2.97. The smallest absolute Gasteiger partial charge is 0.0287 e. The molecule has 0 bridgehead atoms. The van der Waals surface area contributed by atoms with Gasteiger partial charge in [-0.15, -0.1) is 0 Å². The number of hydrogen-bond acceptors (Lipinski definition) is 0. The summed E-state index contributed by atoms with van der Waals surface area (Å²) in [6, 6.07) is 17.6. The Bertz CT molecular complexity index is 913. The van der Waals surface area contributed by atoms with Crippen LogP contribution in [0.15, 0.2) is 54.6 Å². The second-order valence-corrected chi connectivity index (χ2v) is 6.30. The van der Waals surface area contributed by atoms with Crippen molar-refractivity contribution < 1.29 is 0 Å². The van der Waals surface area contributed by atoms with Crippen LogP contribution in [0.25, 0.3) is 16.8 Å². The lowest BCUT2D eigenvalue weighted by Crippen LogP contribution is -2.03. The summed E-state index contributed by atoms with van der Waals surface area (Å²) in [6.07, 6.45) is 4.62. The van der Waals surface area contributed by atoms with Crippen LogP contribution >= 0.6 is 0 Å². The van der Waals surface area contributed by atoms with E-state index < -0.39 is 0 Å². The molecular formula is C22H20. The Hall–Kier alpha value is -2.34. The third kappa shape index (κ3) is 1.77. The lowest BCUT2D eigenvalue weighted by Gasteiger charge is -2.21. The average molecular weight is 284 g/mol. The molecule has 0 saturated heterocycles. The molecule has 3 aromatic carbocycles. The Labute approximate surface area is 132 Å². The maximum Gasteiger partial charge on any atom is 0.0287 e. The largest absolute Gasteiger partial charge is 0.0720 e. The summed E-state index contributed by atoms with van der Waals surface area (Å²) in [4.78, 5) is 0. The van der Waals surface area contributed by atoms with Crippen LogP contribution in [-0.2, 0) is 0 Å². The van der Waals surface area contributed by atoms with Gasteiger partial charge in [-0.1, -0.05) is 60.7 Å². The summed E-state index contributed by atoms with van der Waals surface area (Å²) in [5.41, 5.74) is 8.52. The zero-order valence-corrected chi connectivity index (χ0v) is 13.4. The molecule has 0 heterocycles. The first-order chi connectivity index (χ1) is 10.7. The minimum Gasteiger partial charge on any atom is -0.0720 e. The van der Waals surface area contributed by atoms with Crippen molar-refractivity contribution >= 4 is 16.8 Å². The first-order valence-corrected chi connectivity index (χ1v) is 7.94. The van der Waals surface area contributed by atoms with E-state index in [-0.39, 0.29) is 0 Å². The van der Waals surface area contributed by atoms with Gasteiger partial charge in [0.2, 0.25) is 0 Å². The van der Waals surface area contributed by atoms with Crippen LogP contribution in [0, 0.1) is 20.8 Å². The summed E-state index contributed by atoms with van der Waals surface area (Å²) in [7, 11) is 0. The fraction of sp³-hybridized carbons (Fsp3) is 0.182. The first kappa shape index (κ1) is 13.3. The molecule has 0 amide bonds. The van der Waals surface area contributed by atoms with Crippen molar-refractivity contribution in [1.29, 1.82) is 0 Å². The van der Waals surface area contributed by atoms with Crippen LogP contribution in [0.3, 0.4) is 0 Å². The van der Waals surface area contributed by atoms with Gasteiger partial charge >= 0.3 is 0 Å². The highest BCUT2D eigenvalue weighted by molar-refractivity contribution is 5.92. The number of rotatable bonds is 1. The van der Waals surface area contributed by atoms with Crippen LogP contribution in [0.5, 0.6) is 0 Å². The van der Waals surface area contributed by atoms with Gasteiger partial charge in [0, 0.05) is 5.92 Å². The Balaban J connectivity index is 2.07.